The first-order valence-corrected chi connectivity index (χ1v) is 5.99. The van der Waals surface area contributed by atoms with Crippen molar-refractivity contribution in [2.24, 2.45) is 0 Å². The van der Waals surface area contributed by atoms with Crippen LogP contribution in [0.5, 0.6) is 0 Å². The molecule has 0 saturated carbocycles. The average Bonchev–Trinajstić information content (AvgIpc) is 2.80. The van der Waals surface area contributed by atoms with Gasteiger partial charge < -0.3 is 15.4 Å². The highest BCUT2D eigenvalue weighted by atomic mass is 35.5. The van der Waals surface area contributed by atoms with Crippen LogP contribution in [0.3, 0.4) is 0 Å². The van der Waals surface area contributed by atoms with Gasteiger partial charge in [0.1, 0.15) is 11.9 Å². The Hall–Kier alpha value is -1.59. The van der Waals surface area contributed by atoms with Gasteiger partial charge in [0.15, 0.2) is 0 Å². The molecule has 6 heteroatoms. The van der Waals surface area contributed by atoms with Gasteiger partial charge in [-0.3, -0.25) is 0 Å². The number of aliphatic hydroxyl groups is 1. The average molecular weight is 267 g/mol. The van der Waals surface area contributed by atoms with Crippen molar-refractivity contribution in [3.63, 3.8) is 0 Å². The molecule has 0 fully saturated rings. The van der Waals surface area contributed by atoms with E-state index in [1.165, 1.54) is 6.20 Å². The molecule has 0 bridgehead atoms. The molecule has 0 radical (unpaired) electrons. The fraction of sp³-hybridized carbons (Fsp3) is 0.333. The molecular weight excluding hydrogens is 252 g/mol. The number of anilines is 1. The van der Waals surface area contributed by atoms with Crippen molar-refractivity contribution in [1.29, 1.82) is 0 Å². The molecule has 1 unspecified atom stereocenters. The third kappa shape index (κ3) is 2.32. The number of nitrogen functional groups attached to an aromatic ring is 1. The number of aromatic nitrogens is 3. The molecule has 2 aromatic rings. The van der Waals surface area contributed by atoms with Crippen molar-refractivity contribution in [2.45, 2.75) is 26.0 Å². The lowest BCUT2D eigenvalue weighted by Crippen LogP contribution is -2.12. The predicted molar refractivity (Wildman–Crippen MR) is 70.3 cm³/mol. The highest BCUT2D eigenvalue weighted by Gasteiger charge is 2.19. The normalized spacial score (nSPS) is 12.9. The standard InChI is InChI=1S/C12H15ClN4O/c1-7(2)17-6-15-5-10(17)11(18)9-3-8(13)4-16-12(9)14/h3-7,11,18H,1-2H3,(H2,14,16). The van der Waals surface area contributed by atoms with E-state index in [4.69, 9.17) is 17.3 Å². The summed E-state index contributed by atoms with van der Waals surface area (Å²) in [5, 5.41) is 10.8. The molecule has 2 heterocycles. The molecule has 0 amide bonds. The fourth-order valence-electron chi connectivity index (χ4n) is 1.80. The monoisotopic (exact) mass is 266 g/mol. The number of pyridine rings is 1. The number of nitrogens with two attached hydrogens (primary N) is 1. The lowest BCUT2D eigenvalue weighted by atomic mass is 10.1. The Morgan fingerprint density at radius 3 is 2.78 bits per heavy atom. The Balaban J connectivity index is 2.44. The lowest BCUT2D eigenvalue weighted by Gasteiger charge is -2.17. The van der Waals surface area contributed by atoms with E-state index in [9.17, 15) is 5.11 Å². The first kappa shape index (κ1) is 12.9. The summed E-state index contributed by atoms with van der Waals surface area (Å²) >= 11 is 5.87. The predicted octanol–water partition coefficient (Wildman–Crippen LogP) is 2.18. The highest BCUT2D eigenvalue weighted by Crippen LogP contribution is 2.28. The number of rotatable bonds is 3. The van der Waals surface area contributed by atoms with Crippen LogP contribution in [-0.2, 0) is 0 Å². The second-order valence-electron chi connectivity index (χ2n) is 4.35. The van der Waals surface area contributed by atoms with Crippen LogP contribution in [0.1, 0.15) is 37.3 Å². The molecule has 2 rings (SSSR count). The molecule has 0 aliphatic heterocycles. The van der Waals surface area contributed by atoms with Crippen LogP contribution in [0.2, 0.25) is 5.02 Å². The Morgan fingerprint density at radius 2 is 2.11 bits per heavy atom. The molecule has 0 aromatic carbocycles. The van der Waals surface area contributed by atoms with Crippen molar-refractivity contribution in [1.82, 2.24) is 14.5 Å². The molecule has 0 spiro atoms. The largest absolute Gasteiger partial charge is 0.383 e. The first-order chi connectivity index (χ1) is 8.50. The minimum Gasteiger partial charge on any atom is -0.383 e. The Morgan fingerprint density at radius 1 is 1.39 bits per heavy atom. The molecule has 1 atom stereocenters. The molecule has 3 N–H and O–H groups in total. The second-order valence-corrected chi connectivity index (χ2v) is 4.79. The van der Waals surface area contributed by atoms with Crippen LogP contribution < -0.4 is 5.73 Å². The second kappa shape index (κ2) is 4.96. The van der Waals surface area contributed by atoms with E-state index in [0.29, 0.717) is 16.3 Å². The summed E-state index contributed by atoms with van der Waals surface area (Å²) < 4.78 is 1.88. The summed E-state index contributed by atoms with van der Waals surface area (Å²) in [5.74, 6) is 0.267. The quantitative estimate of drug-likeness (QED) is 0.893. The number of hydrogen-bond donors (Lipinski definition) is 2. The van der Waals surface area contributed by atoms with Crippen LogP contribution in [0.15, 0.2) is 24.8 Å². The Bertz CT molecular complexity index is 553. The number of hydrogen-bond acceptors (Lipinski definition) is 4. The smallest absolute Gasteiger partial charge is 0.129 e. The molecule has 0 aliphatic carbocycles. The molecule has 18 heavy (non-hydrogen) atoms. The van der Waals surface area contributed by atoms with E-state index in [1.807, 2.05) is 18.4 Å². The van der Waals surface area contributed by atoms with Gasteiger partial charge in [0, 0.05) is 17.8 Å². The number of imidazole rings is 1. The molecule has 0 aliphatic rings. The van der Waals surface area contributed by atoms with Crippen molar-refractivity contribution in [2.75, 3.05) is 5.73 Å². The van der Waals surface area contributed by atoms with Crippen LogP contribution >= 0.6 is 11.6 Å². The molecule has 0 saturated heterocycles. The molecule has 2 aromatic heterocycles. The van der Waals surface area contributed by atoms with E-state index in [0.717, 1.165) is 0 Å². The first-order valence-electron chi connectivity index (χ1n) is 5.61. The van der Waals surface area contributed by atoms with Crippen LogP contribution in [0.4, 0.5) is 5.82 Å². The molecule has 5 nitrogen and oxygen atoms in total. The maximum absolute atomic E-state index is 10.4. The maximum Gasteiger partial charge on any atom is 0.129 e. The van der Waals surface area contributed by atoms with E-state index in [-0.39, 0.29) is 11.9 Å². The maximum atomic E-state index is 10.4. The zero-order valence-corrected chi connectivity index (χ0v) is 11.0. The topological polar surface area (TPSA) is 77.0 Å². The van der Waals surface area contributed by atoms with Gasteiger partial charge in [-0.1, -0.05) is 11.6 Å². The van der Waals surface area contributed by atoms with E-state index >= 15 is 0 Å². The zero-order chi connectivity index (χ0) is 13.3. The van der Waals surface area contributed by atoms with E-state index < -0.39 is 6.10 Å². The summed E-state index contributed by atoms with van der Waals surface area (Å²) in [5.41, 5.74) is 6.92. The van der Waals surface area contributed by atoms with Gasteiger partial charge in [0.05, 0.1) is 23.2 Å². The van der Waals surface area contributed by atoms with Crippen molar-refractivity contribution in [3.05, 3.63) is 41.1 Å². The van der Waals surface area contributed by atoms with Gasteiger partial charge in [-0.05, 0) is 19.9 Å². The van der Waals surface area contributed by atoms with Crippen molar-refractivity contribution < 1.29 is 5.11 Å². The van der Waals surface area contributed by atoms with Crippen LogP contribution in [0.25, 0.3) is 0 Å². The number of aliphatic hydroxyl groups excluding tert-OH is 1. The summed E-state index contributed by atoms with van der Waals surface area (Å²) in [6, 6.07) is 1.82. The zero-order valence-electron chi connectivity index (χ0n) is 10.2. The third-order valence-corrected chi connectivity index (χ3v) is 2.95. The minimum absolute atomic E-state index is 0.200. The van der Waals surface area contributed by atoms with Gasteiger partial charge in [-0.15, -0.1) is 0 Å². The number of halogens is 1. The van der Waals surface area contributed by atoms with E-state index in [2.05, 4.69) is 9.97 Å². The third-order valence-electron chi connectivity index (χ3n) is 2.74. The van der Waals surface area contributed by atoms with Crippen molar-refractivity contribution in [3.8, 4) is 0 Å². The SMILES string of the molecule is CC(C)n1cncc1C(O)c1cc(Cl)cnc1N. The highest BCUT2D eigenvalue weighted by molar-refractivity contribution is 6.30. The van der Waals surface area contributed by atoms with E-state index in [1.54, 1.807) is 18.6 Å². The van der Waals surface area contributed by atoms with Crippen LogP contribution in [-0.4, -0.2) is 19.6 Å². The summed E-state index contributed by atoms with van der Waals surface area (Å²) in [6.45, 7) is 4.02. The van der Waals surface area contributed by atoms with Gasteiger partial charge in [0.2, 0.25) is 0 Å². The van der Waals surface area contributed by atoms with Gasteiger partial charge in [-0.2, -0.15) is 0 Å². The Kier molecular flexibility index (Phi) is 3.54. The van der Waals surface area contributed by atoms with Gasteiger partial charge in [0.25, 0.3) is 0 Å². The summed E-state index contributed by atoms with van der Waals surface area (Å²) in [6.07, 6.45) is 3.86. The molecule has 96 valence electrons. The van der Waals surface area contributed by atoms with Gasteiger partial charge >= 0.3 is 0 Å². The number of nitrogens with zero attached hydrogens (tertiary/aromatic N) is 3. The lowest BCUT2D eigenvalue weighted by molar-refractivity contribution is 0.208. The van der Waals surface area contributed by atoms with Crippen molar-refractivity contribution >= 4 is 17.4 Å². The van der Waals surface area contributed by atoms with Gasteiger partial charge in [-0.25, -0.2) is 9.97 Å². The minimum atomic E-state index is -0.888. The van der Waals surface area contributed by atoms with Crippen LogP contribution in [0, 0.1) is 0 Å². The Labute approximate surface area is 110 Å². The summed E-state index contributed by atoms with van der Waals surface area (Å²) in [4.78, 5) is 7.99. The summed E-state index contributed by atoms with van der Waals surface area (Å²) in [7, 11) is 0. The molecular formula is C12H15ClN4O. The fourth-order valence-corrected chi connectivity index (χ4v) is 1.97.